The van der Waals surface area contributed by atoms with E-state index in [1.165, 1.54) is 12.1 Å². The third kappa shape index (κ3) is 2.95. The number of likely N-dealkylation sites (tertiary alicyclic amines) is 1. The summed E-state index contributed by atoms with van der Waals surface area (Å²) in [6.45, 7) is 4.69. The lowest BCUT2D eigenvalue weighted by Gasteiger charge is -2.35. The smallest absolute Gasteiger partial charge is 0.126 e. The van der Waals surface area contributed by atoms with Gasteiger partial charge in [-0.2, -0.15) is 0 Å². The molecule has 4 heteroatoms. The fourth-order valence-electron chi connectivity index (χ4n) is 3.27. The van der Waals surface area contributed by atoms with E-state index in [0.29, 0.717) is 24.2 Å². The molecule has 0 radical (unpaired) electrons. The molecular formula is C15H22F2N2. The summed E-state index contributed by atoms with van der Waals surface area (Å²) in [5.41, 5.74) is 6.52. The van der Waals surface area contributed by atoms with Gasteiger partial charge in [-0.1, -0.05) is 6.92 Å². The van der Waals surface area contributed by atoms with Crippen LogP contribution in [0.15, 0.2) is 18.2 Å². The van der Waals surface area contributed by atoms with E-state index in [-0.39, 0.29) is 6.04 Å². The number of halogens is 2. The minimum atomic E-state index is -0.534. The highest BCUT2D eigenvalue weighted by Crippen LogP contribution is 2.35. The number of nitrogens with zero attached hydrogens (tertiary/aromatic N) is 1. The number of hydrogen-bond donors (Lipinski definition) is 1. The summed E-state index contributed by atoms with van der Waals surface area (Å²) in [7, 11) is 0. The number of nitrogens with two attached hydrogens (primary N) is 1. The van der Waals surface area contributed by atoms with E-state index in [1.807, 2.05) is 0 Å². The third-order valence-corrected chi connectivity index (χ3v) is 4.17. The number of benzene rings is 1. The topological polar surface area (TPSA) is 29.3 Å². The molecule has 1 heterocycles. The van der Waals surface area contributed by atoms with Gasteiger partial charge in [0.15, 0.2) is 0 Å². The maximum absolute atomic E-state index is 13.4. The van der Waals surface area contributed by atoms with Gasteiger partial charge in [-0.15, -0.1) is 0 Å². The zero-order chi connectivity index (χ0) is 14.0. The van der Waals surface area contributed by atoms with Crippen LogP contribution in [0.25, 0.3) is 0 Å². The number of rotatable bonds is 4. The predicted molar refractivity (Wildman–Crippen MR) is 72.8 cm³/mol. The molecule has 1 aromatic carbocycles. The van der Waals surface area contributed by atoms with Crippen LogP contribution in [-0.4, -0.2) is 23.5 Å². The minimum absolute atomic E-state index is 0.104. The van der Waals surface area contributed by atoms with Gasteiger partial charge in [-0.3, -0.25) is 4.90 Å². The van der Waals surface area contributed by atoms with Crippen LogP contribution in [-0.2, 0) is 0 Å². The second kappa shape index (κ2) is 5.97. The van der Waals surface area contributed by atoms with Crippen LogP contribution >= 0.6 is 0 Å². The molecule has 19 heavy (non-hydrogen) atoms. The second-order valence-corrected chi connectivity index (χ2v) is 5.39. The van der Waals surface area contributed by atoms with Crippen molar-refractivity contribution in [1.82, 2.24) is 4.90 Å². The molecule has 1 aliphatic rings. The van der Waals surface area contributed by atoms with Crippen LogP contribution in [0.1, 0.15) is 44.7 Å². The Hall–Kier alpha value is -1.00. The molecule has 0 aromatic heterocycles. The van der Waals surface area contributed by atoms with Crippen LogP contribution in [0.4, 0.5) is 8.78 Å². The lowest BCUT2D eigenvalue weighted by molar-refractivity contribution is 0.136. The lowest BCUT2D eigenvalue weighted by Crippen LogP contribution is -2.41. The standard InChI is InChI=1S/C15H22F2N2/c1-3-14-5-4-10(2)19(14)15(9-18)11-6-12(16)8-13(17)7-11/h6-8,10,14-15H,3-5,9,18H2,1-2H3. The highest BCUT2D eigenvalue weighted by molar-refractivity contribution is 5.22. The van der Waals surface area contributed by atoms with Crippen molar-refractivity contribution in [1.29, 1.82) is 0 Å². The van der Waals surface area contributed by atoms with Gasteiger partial charge in [0.1, 0.15) is 11.6 Å². The molecule has 0 bridgehead atoms. The van der Waals surface area contributed by atoms with Gasteiger partial charge in [0.05, 0.1) is 0 Å². The van der Waals surface area contributed by atoms with Crippen LogP contribution in [0.5, 0.6) is 0 Å². The molecule has 2 N–H and O–H groups in total. The third-order valence-electron chi connectivity index (χ3n) is 4.17. The van der Waals surface area contributed by atoms with Gasteiger partial charge >= 0.3 is 0 Å². The molecule has 0 spiro atoms. The van der Waals surface area contributed by atoms with E-state index >= 15 is 0 Å². The Morgan fingerprint density at radius 1 is 1.26 bits per heavy atom. The van der Waals surface area contributed by atoms with E-state index in [2.05, 4.69) is 18.7 Å². The van der Waals surface area contributed by atoms with E-state index in [0.717, 1.165) is 25.3 Å². The van der Waals surface area contributed by atoms with Crippen molar-refractivity contribution >= 4 is 0 Å². The van der Waals surface area contributed by atoms with Crippen LogP contribution in [0.2, 0.25) is 0 Å². The van der Waals surface area contributed by atoms with E-state index in [1.54, 1.807) is 0 Å². The summed E-state index contributed by atoms with van der Waals surface area (Å²) in [6.07, 6.45) is 3.29. The molecule has 0 amide bonds. The zero-order valence-electron chi connectivity index (χ0n) is 11.6. The van der Waals surface area contributed by atoms with E-state index in [9.17, 15) is 8.78 Å². The zero-order valence-corrected chi connectivity index (χ0v) is 11.6. The lowest BCUT2D eigenvalue weighted by atomic mass is 10.0. The number of hydrogen-bond acceptors (Lipinski definition) is 2. The van der Waals surface area contributed by atoms with Crippen molar-refractivity contribution in [2.24, 2.45) is 5.73 Å². The van der Waals surface area contributed by atoms with Gasteiger partial charge in [0, 0.05) is 30.7 Å². The van der Waals surface area contributed by atoms with E-state index in [4.69, 9.17) is 5.73 Å². The fourth-order valence-corrected chi connectivity index (χ4v) is 3.27. The Morgan fingerprint density at radius 2 is 1.89 bits per heavy atom. The molecule has 1 saturated heterocycles. The summed E-state index contributed by atoms with van der Waals surface area (Å²) >= 11 is 0. The second-order valence-electron chi connectivity index (χ2n) is 5.39. The summed E-state index contributed by atoms with van der Waals surface area (Å²) in [4.78, 5) is 2.33. The Morgan fingerprint density at radius 3 is 2.42 bits per heavy atom. The first-order valence-electron chi connectivity index (χ1n) is 7.00. The Labute approximate surface area is 113 Å². The van der Waals surface area contributed by atoms with Crippen molar-refractivity contribution in [2.75, 3.05) is 6.54 Å². The van der Waals surface area contributed by atoms with Crippen molar-refractivity contribution in [2.45, 2.75) is 51.2 Å². The van der Waals surface area contributed by atoms with Gasteiger partial charge < -0.3 is 5.73 Å². The van der Waals surface area contributed by atoms with Gasteiger partial charge in [-0.05, 0) is 43.9 Å². The molecule has 1 fully saturated rings. The van der Waals surface area contributed by atoms with Crippen molar-refractivity contribution in [3.8, 4) is 0 Å². The maximum atomic E-state index is 13.4. The maximum Gasteiger partial charge on any atom is 0.126 e. The van der Waals surface area contributed by atoms with Gasteiger partial charge in [-0.25, -0.2) is 8.78 Å². The molecular weight excluding hydrogens is 246 g/mol. The average molecular weight is 268 g/mol. The summed E-state index contributed by atoms with van der Waals surface area (Å²) in [5.74, 6) is -1.07. The minimum Gasteiger partial charge on any atom is -0.329 e. The van der Waals surface area contributed by atoms with Crippen molar-refractivity contribution in [3.63, 3.8) is 0 Å². The first kappa shape index (κ1) is 14.4. The molecule has 3 unspecified atom stereocenters. The van der Waals surface area contributed by atoms with Gasteiger partial charge in [0.2, 0.25) is 0 Å². The normalized spacial score (nSPS) is 25.7. The Balaban J connectivity index is 2.32. The highest BCUT2D eigenvalue weighted by Gasteiger charge is 2.35. The molecule has 2 nitrogen and oxygen atoms in total. The first-order chi connectivity index (χ1) is 9.06. The molecule has 3 atom stereocenters. The highest BCUT2D eigenvalue weighted by atomic mass is 19.1. The molecule has 106 valence electrons. The summed E-state index contributed by atoms with van der Waals surface area (Å²) in [5, 5.41) is 0. The largest absolute Gasteiger partial charge is 0.329 e. The van der Waals surface area contributed by atoms with Crippen LogP contribution in [0.3, 0.4) is 0 Å². The van der Waals surface area contributed by atoms with Crippen LogP contribution < -0.4 is 5.73 Å². The molecule has 1 aliphatic heterocycles. The fraction of sp³-hybridized carbons (Fsp3) is 0.600. The summed E-state index contributed by atoms with van der Waals surface area (Å²) in [6, 6.07) is 4.46. The average Bonchev–Trinajstić information content (AvgIpc) is 2.71. The summed E-state index contributed by atoms with van der Waals surface area (Å²) < 4.78 is 26.8. The molecule has 2 rings (SSSR count). The molecule has 1 aromatic rings. The van der Waals surface area contributed by atoms with Crippen molar-refractivity contribution < 1.29 is 8.78 Å². The Bertz CT molecular complexity index is 416. The van der Waals surface area contributed by atoms with Crippen LogP contribution in [0, 0.1) is 11.6 Å². The molecule has 0 saturated carbocycles. The van der Waals surface area contributed by atoms with E-state index < -0.39 is 11.6 Å². The monoisotopic (exact) mass is 268 g/mol. The van der Waals surface area contributed by atoms with Gasteiger partial charge in [0.25, 0.3) is 0 Å². The quantitative estimate of drug-likeness (QED) is 0.908. The SMILES string of the molecule is CCC1CCC(C)N1C(CN)c1cc(F)cc(F)c1. The van der Waals surface area contributed by atoms with Crippen molar-refractivity contribution in [3.05, 3.63) is 35.4 Å². The molecule has 0 aliphatic carbocycles. The first-order valence-corrected chi connectivity index (χ1v) is 7.00. The predicted octanol–water partition coefficient (Wildman–Crippen LogP) is 3.23. The Kier molecular flexibility index (Phi) is 4.53.